The first-order chi connectivity index (χ1) is 19.1. The lowest BCUT2D eigenvalue weighted by Crippen LogP contribution is -2.18. The van der Waals surface area contributed by atoms with E-state index in [9.17, 15) is 4.79 Å². The molecule has 0 spiro atoms. The van der Waals surface area contributed by atoms with Crippen LogP contribution in [0.25, 0.3) is 28.1 Å². The zero-order valence-corrected chi connectivity index (χ0v) is 22.0. The molecule has 0 saturated heterocycles. The molecular formula is C32H28N4O3. The zero-order chi connectivity index (χ0) is 27.2. The molecule has 0 unspecified atom stereocenters. The average molecular weight is 517 g/mol. The molecule has 0 bridgehead atoms. The summed E-state index contributed by atoms with van der Waals surface area (Å²) in [4.78, 5) is 13.0. The lowest BCUT2D eigenvalue weighted by Gasteiger charge is -2.09. The van der Waals surface area contributed by atoms with E-state index in [0.29, 0.717) is 11.5 Å². The van der Waals surface area contributed by atoms with Crippen molar-refractivity contribution in [1.82, 2.24) is 15.2 Å². The number of carbonyl (C=O) groups excluding carboxylic acids is 1. The van der Waals surface area contributed by atoms with Crippen LogP contribution in [0.4, 0.5) is 0 Å². The number of nitrogens with zero attached hydrogens (tertiary/aromatic N) is 3. The second kappa shape index (κ2) is 11.5. The minimum atomic E-state index is -0.417. The Morgan fingerprint density at radius 2 is 1.46 bits per heavy atom. The molecule has 0 radical (unpaired) electrons. The van der Waals surface area contributed by atoms with Crippen molar-refractivity contribution in [1.29, 1.82) is 0 Å². The van der Waals surface area contributed by atoms with Gasteiger partial charge < -0.3 is 9.47 Å². The third-order valence-corrected chi connectivity index (χ3v) is 6.30. The van der Waals surface area contributed by atoms with E-state index >= 15 is 0 Å². The molecule has 7 nitrogen and oxygen atoms in total. The van der Waals surface area contributed by atoms with E-state index in [2.05, 4.69) is 39.9 Å². The minimum Gasteiger partial charge on any atom is -0.493 e. The van der Waals surface area contributed by atoms with Gasteiger partial charge in [0.25, 0.3) is 5.91 Å². The number of carbonyl (C=O) groups is 1. The molecule has 1 amide bonds. The van der Waals surface area contributed by atoms with E-state index in [1.54, 1.807) is 43.3 Å². The number of hydrogen-bond acceptors (Lipinski definition) is 5. The molecule has 4 aromatic carbocycles. The Bertz CT molecular complexity index is 1610. The standard InChI is InChI=1S/C32H28N4O3/c1-22-9-16-27(17-10-22)36-29(26-14-12-25(13-15-26)24-7-5-4-6-8-24)20-28(35-36)32(37)34-33-21-23-11-18-30(38-2)31(19-23)39-3/h4-21H,1-3H3,(H,34,37)/b33-21-. The summed E-state index contributed by atoms with van der Waals surface area (Å²) in [5.74, 6) is 0.775. The van der Waals surface area contributed by atoms with Crippen LogP contribution in [0.15, 0.2) is 108 Å². The van der Waals surface area contributed by atoms with Crippen molar-refractivity contribution in [3.05, 3.63) is 120 Å². The Labute approximate surface area is 227 Å². The smallest absolute Gasteiger partial charge is 0.291 e. The van der Waals surface area contributed by atoms with Crippen molar-refractivity contribution in [3.8, 4) is 39.6 Å². The Hall–Kier alpha value is -5.17. The molecular weight excluding hydrogens is 488 g/mol. The number of hydrazone groups is 1. The minimum absolute atomic E-state index is 0.252. The van der Waals surface area contributed by atoms with Crippen LogP contribution in [0.2, 0.25) is 0 Å². The lowest BCUT2D eigenvalue weighted by atomic mass is 10.0. The van der Waals surface area contributed by atoms with Gasteiger partial charge in [-0.2, -0.15) is 10.2 Å². The summed E-state index contributed by atoms with van der Waals surface area (Å²) < 4.78 is 12.4. The SMILES string of the molecule is COc1ccc(/C=N\NC(=O)c2cc(-c3ccc(-c4ccccc4)cc3)n(-c3ccc(C)cc3)n2)cc1OC. The molecule has 0 saturated carbocycles. The fraction of sp³-hybridized carbons (Fsp3) is 0.0938. The van der Waals surface area contributed by atoms with E-state index in [4.69, 9.17) is 9.47 Å². The number of aryl methyl sites for hydroxylation is 1. The van der Waals surface area contributed by atoms with Crippen LogP contribution in [0.3, 0.4) is 0 Å². The summed E-state index contributed by atoms with van der Waals surface area (Å²) in [6.07, 6.45) is 1.54. The molecule has 7 heteroatoms. The van der Waals surface area contributed by atoms with E-state index in [-0.39, 0.29) is 5.69 Å². The molecule has 5 aromatic rings. The van der Waals surface area contributed by atoms with Gasteiger partial charge in [-0.1, -0.05) is 72.3 Å². The van der Waals surface area contributed by atoms with Crippen LogP contribution in [0.5, 0.6) is 11.5 Å². The molecule has 1 aromatic heterocycles. The van der Waals surface area contributed by atoms with Gasteiger partial charge >= 0.3 is 0 Å². The number of nitrogens with one attached hydrogen (secondary N) is 1. The van der Waals surface area contributed by atoms with Gasteiger partial charge in [-0.3, -0.25) is 4.79 Å². The molecule has 0 fully saturated rings. The summed E-state index contributed by atoms with van der Waals surface area (Å²) in [6.45, 7) is 2.03. The average Bonchev–Trinajstić information content (AvgIpc) is 3.43. The summed E-state index contributed by atoms with van der Waals surface area (Å²) in [5, 5.41) is 8.76. The molecule has 0 aliphatic carbocycles. The normalized spacial score (nSPS) is 10.9. The largest absolute Gasteiger partial charge is 0.493 e. The number of hydrogen-bond donors (Lipinski definition) is 1. The van der Waals surface area contributed by atoms with Gasteiger partial charge in [-0.05, 0) is 60.0 Å². The maximum Gasteiger partial charge on any atom is 0.291 e. The second-order valence-corrected chi connectivity index (χ2v) is 8.92. The Balaban J connectivity index is 1.42. The third kappa shape index (κ3) is 5.72. The highest BCUT2D eigenvalue weighted by Gasteiger charge is 2.17. The highest BCUT2D eigenvalue weighted by atomic mass is 16.5. The van der Waals surface area contributed by atoms with Crippen LogP contribution in [-0.4, -0.2) is 36.1 Å². The van der Waals surface area contributed by atoms with Crippen molar-refractivity contribution < 1.29 is 14.3 Å². The summed E-state index contributed by atoms with van der Waals surface area (Å²) in [5.41, 5.74) is 9.57. The number of amides is 1. The van der Waals surface area contributed by atoms with Crippen LogP contribution >= 0.6 is 0 Å². The number of methoxy groups -OCH3 is 2. The van der Waals surface area contributed by atoms with Gasteiger partial charge in [0.1, 0.15) is 0 Å². The highest BCUT2D eigenvalue weighted by molar-refractivity contribution is 5.94. The molecule has 194 valence electrons. The van der Waals surface area contributed by atoms with Gasteiger partial charge in [0.2, 0.25) is 0 Å². The van der Waals surface area contributed by atoms with Crippen molar-refractivity contribution >= 4 is 12.1 Å². The Morgan fingerprint density at radius 1 is 0.795 bits per heavy atom. The predicted molar refractivity (Wildman–Crippen MR) is 154 cm³/mol. The maximum atomic E-state index is 13.0. The van der Waals surface area contributed by atoms with Crippen LogP contribution in [-0.2, 0) is 0 Å². The molecule has 39 heavy (non-hydrogen) atoms. The van der Waals surface area contributed by atoms with E-state index in [0.717, 1.165) is 39.2 Å². The predicted octanol–water partition coefficient (Wildman–Crippen LogP) is 6.30. The number of rotatable bonds is 8. The van der Waals surface area contributed by atoms with Crippen molar-refractivity contribution in [2.75, 3.05) is 14.2 Å². The second-order valence-electron chi connectivity index (χ2n) is 8.92. The van der Waals surface area contributed by atoms with Crippen molar-refractivity contribution in [2.24, 2.45) is 5.10 Å². The first-order valence-electron chi connectivity index (χ1n) is 12.4. The Kier molecular flexibility index (Phi) is 7.50. The number of ether oxygens (including phenoxy) is 2. The fourth-order valence-electron chi connectivity index (χ4n) is 4.20. The summed E-state index contributed by atoms with van der Waals surface area (Å²) in [6, 6.07) is 33.6. The fourth-order valence-corrected chi connectivity index (χ4v) is 4.20. The number of benzene rings is 4. The molecule has 0 aliphatic heterocycles. The van der Waals surface area contributed by atoms with Gasteiger partial charge in [0, 0.05) is 5.56 Å². The summed E-state index contributed by atoms with van der Waals surface area (Å²) in [7, 11) is 3.14. The van der Waals surface area contributed by atoms with E-state index < -0.39 is 5.91 Å². The molecule has 1 heterocycles. The van der Waals surface area contributed by atoms with Gasteiger partial charge in [0.15, 0.2) is 17.2 Å². The van der Waals surface area contributed by atoms with Crippen LogP contribution in [0, 0.1) is 6.92 Å². The molecule has 5 rings (SSSR count). The van der Waals surface area contributed by atoms with Crippen molar-refractivity contribution in [3.63, 3.8) is 0 Å². The van der Waals surface area contributed by atoms with Crippen LogP contribution in [0.1, 0.15) is 21.6 Å². The number of aromatic nitrogens is 2. The first kappa shape index (κ1) is 25.5. The zero-order valence-electron chi connectivity index (χ0n) is 22.0. The maximum absolute atomic E-state index is 13.0. The quantitative estimate of drug-likeness (QED) is 0.194. The van der Waals surface area contributed by atoms with E-state index in [1.807, 2.05) is 67.6 Å². The Morgan fingerprint density at radius 3 is 2.15 bits per heavy atom. The summed E-state index contributed by atoms with van der Waals surface area (Å²) >= 11 is 0. The molecule has 0 atom stereocenters. The van der Waals surface area contributed by atoms with E-state index in [1.165, 1.54) is 0 Å². The van der Waals surface area contributed by atoms with Crippen molar-refractivity contribution in [2.45, 2.75) is 6.92 Å². The molecule has 1 N–H and O–H groups in total. The lowest BCUT2D eigenvalue weighted by molar-refractivity contribution is 0.0949. The highest BCUT2D eigenvalue weighted by Crippen LogP contribution is 2.28. The van der Waals surface area contributed by atoms with Crippen LogP contribution < -0.4 is 14.9 Å². The monoisotopic (exact) mass is 516 g/mol. The topological polar surface area (TPSA) is 77.7 Å². The third-order valence-electron chi connectivity index (χ3n) is 6.30. The first-order valence-corrected chi connectivity index (χ1v) is 12.4. The van der Waals surface area contributed by atoms with Gasteiger partial charge in [-0.25, -0.2) is 10.1 Å². The van der Waals surface area contributed by atoms with Gasteiger partial charge in [-0.15, -0.1) is 0 Å². The van der Waals surface area contributed by atoms with Gasteiger partial charge in [0.05, 0.1) is 31.8 Å². The molecule has 0 aliphatic rings.